The summed E-state index contributed by atoms with van der Waals surface area (Å²) in [6, 6.07) is 14.6. The molecule has 0 fully saturated rings. The molecule has 2 heterocycles. The van der Waals surface area contributed by atoms with Crippen LogP contribution in [-0.4, -0.2) is 40.3 Å². The van der Waals surface area contributed by atoms with E-state index in [-0.39, 0.29) is 18.5 Å². The van der Waals surface area contributed by atoms with Gasteiger partial charge in [-0.05, 0) is 34.9 Å². The van der Waals surface area contributed by atoms with Crippen LogP contribution in [0.5, 0.6) is 0 Å². The van der Waals surface area contributed by atoms with Crippen LogP contribution in [0.4, 0.5) is 11.4 Å². The number of hydrogen-bond acceptors (Lipinski definition) is 3. The first-order chi connectivity index (χ1) is 14.7. The number of fused-ring (bicyclic) bond motifs is 2. The summed E-state index contributed by atoms with van der Waals surface area (Å²) >= 11 is 0. The quantitative estimate of drug-likeness (QED) is 0.463. The van der Waals surface area contributed by atoms with E-state index < -0.39 is 19.9 Å². The van der Waals surface area contributed by atoms with E-state index in [9.17, 15) is 9.59 Å². The average Bonchev–Trinajstić information content (AvgIpc) is 3.15. The Kier molecular flexibility index (Phi) is 5.62. The van der Waals surface area contributed by atoms with Crippen LogP contribution in [-0.2, 0) is 14.3 Å². The van der Waals surface area contributed by atoms with Crippen molar-refractivity contribution in [1.29, 1.82) is 0 Å². The highest BCUT2D eigenvalue weighted by Gasteiger charge is 2.50. The Morgan fingerprint density at radius 3 is 2.42 bits per heavy atom. The van der Waals surface area contributed by atoms with Crippen LogP contribution in [0.2, 0.25) is 25.7 Å². The van der Waals surface area contributed by atoms with Gasteiger partial charge in [0.1, 0.15) is 6.73 Å². The number of anilines is 2. The molecule has 0 saturated carbocycles. The molecular weight excluding hydrogens is 404 g/mol. The first kappa shape index (κ1) is 21.5. The van der Waals surface area contributed by atoms with E-state index in [2.05, 4.69) is 26.2 Å². The predicted molar refractivity (Wildman–Crippen MR) is 128 cm³/mol. The summed E-state index contributed by atoms with van der Waals surface area (Å²) in [4.78, 5) is 30.4. The molecule has 4 rings (SSSR count). The summed E-state index contributed by atoms with van der Waals surface area (Å²) in [5.41, 5.74) is 4.36. The van der Waals surface area contributed by atoms with Gasteiger partial charge >= 0.3 is 0 Å². The van der Waals surface area contributed by atoms with E-state index in [1.807, 2.05) is 42.5 Å². The lowest BCUT2D eigenvalue weighted by Crippen LogP contribution is -2.36. The Hall–Kier alpha value is -2.70. The standard InChI is InChI=1S/C25H30N2O3Si/c1-6-17-10-9-13-20-21(17)23(24(28)26(20)2)22-18-11-7-8-12-19(18)27(25(22)29)16-30-14-15-31(3,4)5/h6-13,22-23H,1,14-16H2,2-5H3/t22-,23+/m0/s1. The summed E-state index contributed by atoms with van der Waals surface area (Å²) in [7, 11) is 0.562. The highest BCUT2D eigenvalue weighted by atomic mass is 28.3. The van der Waals surface area contributed by atoms with Crippen LogP contribution in [0.25, 0.3) is 6.08 Å². The molecule has 0 bridgehead atoms. The van der Waals surface area contributed by atoms with Gasteiger partial charge in [0.15, 0.2) is 0 Å². The van der Waals surface area contributed by atoms with E-state index >= 15 is 0 Å². The zero-order chi connectivity index (χ0) is 22.3. The molecule has 6 heteroatoms. The molecule has 2 aromatic carbocycles. The maximum atomic E-state index is 13.7. The third-order valence-corrected chi connectivity index (χ3v) is 7.95. The fourth-order valence-corrected chi connectivity index (χ4v) is 5.30. The van der Waals surface area contributed by atoms with Crippen molar-refractivity contribution in [3.63, 3.8) is 0 Å². The third kappa shape index (κ3) is 3.74. The molecule has 0 saturated heterocycles. The van der Waals surface area contributed by atoms with Crippen LogP contribution in [0.15, 0.2) is 49.0 Å². The topological polar surface area (TPSA) is 49.9 Å². The van der Waals surface area contributed by atoms with E-state index in [0.717, 1.165) is 34.1 Å². The predicted octanol–water partition coefficient (Wildman–Crippen LogP) is 4.83. The van der Waals surface area contributed by atoms with Crippen molar-refractivity contribution in [3.05, 3.63) is 65.7 Å². The SMILES string of the molecule is C=Cc1cccc2c1[C@H]([C@H]1C(=O)N(COCC[Si](C)(C)C)c3ccccc31)C(=O)N2C. The van der Waals surface area contributed by atoms with Gasteiger partial charge in [0.2, 0.25) is 11.8 Å². The summed E-state index contributed by atoms with van der Waals surface area (Å²) in [5.74, 6) is -1.25. The Morgan fingerprint density at radius 1 is 1.00 bits per heavy atom. The fourth-order valence-electron chi connectivity index (χ4n) is 4.55. The number of para-hydroxylation sites is 1. The van der Waals surface area contributed by atoms with Crippen molar-refractivity contribution in [1.82, 2.24) is 0 Å². The fraction of sp³-hybridized carbons (Fsp3) is 0.360. The molecule has 0 spiro atoms. The van der Waals surface area contributed by atoms with Crippen molar-refractivity contribution < 1.29 is 14.3 Å². The number of likely N-dealkylation sites (N-methyl/N-ethyl adjacent to an activating group) is 1. The Morgan fingerprint density at radius 2 is 1.71 bits per heavy atom. The van der Waals surface area contributed by atoms with Crippen molar-refractivity contribution >= 4 is 37.3 Å². The summed E-state index contributed by atoms with van der Waals surface area (Å²) < 4.78 is 5.92. The molecular formula is C25H30N2O3Si. The van der Waals surface area contributed by atoms with Crippen molar-refractivity contribution in [2.24, 2.45) is 0 Å². The molecule has 0 radical (unpaired) electrons. The lowest BCUT2D eigenvalue weighted by molar-refractivity contribution is -0.126. The summed E-state index contributed by atoms with van der Waals surface area (Å²) in [6.07, 6.45) is 1.76. The second-order valence-corrected chi connectivity index (χ2v) is 15.1. The smallest absolute Gasteiger partial charge is 0.237 e. The molecule has 31 heavy (non-hydrogen) atoms. The van der Waals surface area contributed by atoms with Gasteiger partial charge in [0.25, 0.3) is 0 Å². The molecule has 2 aliphatic heterocycles. The van der Waals surface area contributed by atoms with E-state index in [1.54, 1.807) is 22.9 Å². The first-order valence-corrected chi connectivity index (χ1v) is 14.5. The highest BCUT2D eigenvalue weighted by Crippen LogP contribution is 2.51. The number of hydrogen-bond donors (Lipinski definition) is 0. The molecule has 2 aromatic rings. The van der Waals surface area contributed by atoms with Crippen molar-refractivity contribution in [2.45, 2.75) is 37.5 Å². The maximum Gasteiger partial charge on any atom is 0.237 e. The van der Waals surface area contributed by atoms with Crippen LogP contribution < -0.4 is 9.80 Å². The zero-order valence-corrected chi connectivity index (χ0v) is 19.7. The van der Waals surface area contributed by atoms with Crippen LogP contribution in [0.1, 0.15) is 28.5 Å². The second-order valence-electron chi connectivity index (χ2n) is 9.51. The largest absolute Gasteiger partial charge is 0.361 e. The Bertz CT molecular complexity index is 1040. The number of ether oxygens (including phenoxy) is 1. The van der Waals surface area contributed by atoms with Gasteiger partial charge in [-0.25, -0.2) is 0 Å². The first-order valence-electron chi connectivity index (χ1n) is 10.8. The van der Waals surface area contributed by atoms with Crippen LogP contribution >= 0.6 is 0 Å². The molecule has 2 atom stereocenters. The maximum absolute atomic E-state index is 13.7. The number of benzene rings is 2. The van der Waals surface area contributed by atoms with E-state index in [1.165, 1.54) is 0 Å². The third-order valence-electron chi connectivity index (χ3n) is 6.25. The minimum Gasteiger partial charge on any atom is -0.361 e. The summed E-state index contributed by atoms with van der Waals surface area (Å²) in [6.45, 7) is 11.7. The van der Waals surface area contributed by atoms with Crippen molar-refractivity contribution in [3.8, 4) is 0 Å². The van der Waals surface area contributed by atoms with Gasteiger partial charge in [0.05, 0.1) is 17.5 Å². The van der Waals surface area contributed by atoms with Gasteiger partial charge in [0, 0.05) is 27.4 Å². The number of amides is 2. The molecule has 0 aliphatic carbocycles. The van der Waals surface area contributed by atoms with Gasteiger partial charge in [-0.3, -0.25) is 14.5 Å². The molecule has 5 nitrogen and oxygen atoms in total. The minimum absolute atomic E-state index is 0.0565. The van der Waals surface area contributed by atoms with Crippen molar-refractivity contribution in [2.75, 3.05) is 30.2 Å². The zero-order valence-electron chi connectivity index (χ0n) is 18.7. The molecule has 162 valence electrons. The van der Waals surface area contributed by atoms with Gasteiger partial charge in [-0.2, -0.15) is 0 Å². The molecule has 2 aliphatic rings. The Balaban J connectivity index is 1.68. The minimum atomic E-state index is -1.21. The monoisotopic (exact) mass is 434 g/mol. The van der Waals surface area contributed by atoms with Gasteiger partial charge in [-0.15, -0.1) is 0 Å². The number of rotatable bonds is 7. The lowest BCUT2D eigenvalue weighted by atomic mass is 9.81. The molecule has 0 unspecified atom stereocenters. The summed E-state index contributed by atoms with van der Waals surface area (Å²) in [5, 5.41) is 0. The molecule has 0 aromatic heterocycles. The highest BCUT2D eigenvalue weighted by molar-refractivity contribution is 6.76. The van der Waals surface area contributed by atoms with Crippen LogP contribution in [0, 0.1) is 0 Å². The second kappa shape index (κ2) is 8.09. The lowest BCUT2D eigenvalue weighted by Gasteiger charge is -2.22. The number of carbonyl (C=O) groups excluding carboxylic acids is 2. The number of carbonyl (C=O) groups is 2. The van der Waals surface area contributed by atoms with E-state index in [0.29, 0.717) is 6.61 Å². The number of nitrogens with zero attached hydrogens (tertiary/aromatic N) is 2. The van der Waals surface area contributed by atoms with E-state index in [4.69, 9.17) is 4.74 Å². The van der Waals surface area contributed by atoms with Gasteiger partial charge < -0.3 is 9.64 Å². The molecule has 0 N–H and O–H groups in total. The molecule has 2 amide bonds. The Labute approximate surface area is 185 Å². The normalized spacial score (nSPS) is 20.3. The van der Waals surface area contributed by atoms with Crippen LogP contribution in [0.3, 0.4) is 0 Å². The van der Waals surface area contributed by atoms with Gasteiger partial charge in [-0.1, -0.05) is 62.6 Å². The average molecular weight is 435 g/mol.